The maximum absolute atomic E-state index is 6.44. The highest BCUT2D eigenvalue weighted by Crippen LogP contribution is 2.44. The molecule has 3 nitrogen and oxygen atoms in total. The molecule has 37 heavy (non-hydrogen) atoms. The van der Waals surface area contributed by atoms with E-state index in [2.05, 4.69) is 114 Å². The van der Waals surface area contributed by atoms with E-state index in [1.165, 1.54) is 21.5 Å². The molecule has 0 saturated heterocycles. The van der Waals surface area contributed by atoms with E-state index in [-0.39, 0.29) is 0 Å². The monoisotopic (exact) mass is 478 g/mol. The van der Waals surface area contributed by atoms with Gasteiger partial charge in [0.1, 0.15) is 5.76 Å². The molecule has 0 fully saturated rings. The van der Waals surface area contributed by atoms with E-state index >= 15 is 0 Å². The van der Waals surface area contributed by atoms with Gasteiger partial charge in [-0.15, -0.1) is 0 Å². The Labute approximate surface area is 215 Å². The summed E-state index contributed by atoms with van der Waals surface area (Å²) in [5.74, 6) is 1.71. The average molecular weight is 479 g/mol. The van der Waals surface area contributed by atoms with Crippen LogP contribution in [0.1, 0.15) is 13.8 Å². The quantitative estimate of drug-likeness (QED) is 0.274. The first-order chi connectivity index (χ1) is 18.2. The van der Waals surface area contributed by atoms with Crippen molar-refractivity contribution in [3.05, 3.63) is 127 Å². The summed E-state index contributed by atoms with van der Waals surface area (Å²) < 4.78 is 6.44. The summed E-state index contributed by atoms with van der Waals surface area (Å²) in [4.78, 5) is 5.87. The van der Waals surface area contributed by atoms with Gasteiger partial charge in [-0.2, -0.15) is 0 Å². The lowest BCUT2D eigenvalue weighted by Gasteiger charge is -2.33. The number of allylic oxidation sites excluding steroid dienone is 3. The van der Waals surface area contributed by atoms with Crippen LogP contribution in [0.5, 0.6) is 5.75 Å². The Hall–Kier alpha value is -4.76. The number of aromatic amines is 1. The van der Waals surface area contributed by atoms with Gasteiger partial charge < -0.3 is 14.6 Å². The van der Waals surface area contributed by atoms with Crippen LogP contribution in [-0.4, -0.2) is 4.98 Å². The largest absolute Gasteiger partial charge is 0.453 e. The molecular formula is C34H26N2O. The van der Waals surface area contributed by atoms with Crippen molar-refractivity contribution in [1.29, 1.82) is 0 Å². The molecule has 2 heterocycles. The highest BCUT2D eigenvalue weighted by Gasteiger charge is 2.25. The summed E-state index contributed by atoms with van der Waals surface area (Å²) in [7, 11) is 0. The number of anilines is 2. The van der Waals surface area contributed by atoms with Crippen molar-refractivity contribution in [2.24, 2.45) is 0 Å². The third kappa shape index (κ3) is 3.43. The number of fused-ring (bicyclic) bond motifs is 6. The Morgan fingerprint density at radius 2 is 1.49 bits per heavy atom. The van der Waals surface area contributed by atoms with E-state index in [0.717, 1.165) is 50.7 Å². The predicted octanol–water partition coefficient (Wildman–Crippen LogP) is 9.48. The normalized spacial score (nSPS) is 13.6. The molecule has 0 radical (unpaired) electrons. The molecule has 0 amide bonds. The third-order valence-electron chi connectivity index (χ3n) is 7.27. The van der Waals surface area contributed by atoms with E-state index in [9.17, 15) is 0 Å². The number of para-hydroxylation sites is 1. The maximum Gasteiger partial charge on any atom is 0.152 e. The van der Waals surface area contributed by atoms with E-state index in [0.29, 0.717) is 0 Å². The van der Waals surface area contributed by atoms with Crippen molar-refractivity contribution < 1.29 is 4.74 Å². The number of nitrogens with zero attached hydrogens (tertiary/aromatic N) is 1. The van der Waals surface area contributed by atoms with Crippen LogP contribution in [0.3, 0.4) is 0 Å². The van der Waals surface area contributed by atoms with Gasteiger partial charge in [-0.1, -0.05) is 66.7 Å². The molecular weight excluding hydrogens is 452 g/mol. The number of nitrogens with one attached hydrogen (secondary N) is 1. The zero-order valence-electron chi connectivity index (χ0n) is 20.8. The topological polar surface area (TPSA) is 28.3 Å². The van der Waals surface area contributed by atoms with Gasteiger partial charge in [0.2, 0.25) is 0 Å². The zero-order chi connectivity index (χ0) is 24.9. The number of aromatic nitrogens is 1. The molecule has 0 saturated carbocycles. The molecule has 1 aromatic heterocycles. The molecule has 0 spiro atoms. The second-order valence-corrected chi connectivity index (χ2v) is 9.50. The van der Waals surface area contributed by atoms with Crippen LogP contribution in [0.15, 0.2) is 127 Å². The standard InChI is InChI=1S/C34H26N2O/c1-3-9-32-22(2)36(26-11-5-4-6-12-26)31-19-16-25(21-33(31)37-32)24-15-17-29-28(20-24)34-27-13-8-7-10-23(27)14-18-30(34)35-29/h3-21,35H,1-2H3/b9-3-. The van der Waals surface area contributed by atoms with Gasteiger partial charge in [-0.25, -0.2) is 0 Å². The van der Waals surface area contributed by atoms with Crippen LogP contribution in [0.4, 0.5) is 11.4 Å². The summed E-state index contributed by atoms with van der Waals surface area (Å²) >= 11 is 0. The van der Waals surface area contributed by atoms with Crippen molar-refractivity contribution in [3.63, 3.8) is 0 Å². The van der Waals surface area contributed by atoms with Gasteiger partial charge >= 0.3 is 0 Å². The Balaban J connectivity index is 1.39. The number of benzene rings is 5. The van der Waals surface area contributed by atoms with E-state index < -0.39 is 0 Å². The van der Waals surface area contributed by atoms with Gasteiger partial charge in [0, 0.05) is 27.5 Å². The third-order valence-corrected chi connectivity index (χ3v) is 7.27. The summed E-state index contributed by atoms with van der Waals surface area (Å²) in [6, 6.07) is 36.6. The molecule has 1 aliphatic rings. The summed E-state index contributed by atoms with van der Waals surface area (Å²) in [6.07, 6.45) is 4.05. The van der Waals surface area contributed by atoms with Crippen LogP contribution in [-0.2, 0) is 0 Å². The number of hydrogen-bond acceptors (Lipinski definition) is 2. The second-order valence-electron chi connectivity index (χ2n) is 9.50. The van der Waals surface area contributed by atoms with E-state index in [1.807, 2.05) is 25.1 Å². The molecule has 3 heteroatoms. The smallest absolute Gasteiger partial charge is 0.152 e. The van der Waals surface area contributed by atoms with Crippen LogP contribution in [0.2, 0.25) is 0 Å². The molecule has 0 atom stereocenters. The fourth-order valence-electron chi connectivity index (χ4n) is 5.51. The number of ether oxygens (including phenoxy) is 1. The molecule has 0 aliphatic carbocycles. The van der Waals surface area contributed by atoms with Crippen molar-refractivity contribution in [2.45, 2.75) is 13.8 Å². The van der Waals surface area contributed by atoms with Gasteiger partial charge in [0.25, 0.3) is 0 Å². The molecule has 5 aromatic carbocycles. The Morgan fingerprint density at radius 1 is 0.730 bits per heavy atom. The first-order valence-corrected chi connectivity index (χ1v) is 12.7. The van der Waals surface area contributed by atoms with Gasteiger partial charge in [0.15, 0.2) is 5.75 Å². The molecule has 178 valence electrons. The zero-order valence-corrected chi connectivity index (χ0v) is 20.8. The molecule has 6 aromatic rings. The number of rotatable bonds is 3. The van der Waals surface area contributed by atoms with Crippen molar-refractivity contribution in [3.8, 4) is 16.9 Å². The second kappa shape index (κ2) is 8.42. The molecule has 1 N–H and O–H groups in total. The molecule has 0 unspecified atom stereocenters. The fourth-order valence-corrected chi connectivity index (χ4v) is 5.51. The number of hydrogen-bond donors (Lipinski definition) is 1. The predicted molar refractivity (Wildman–Crippen MR) is 155 cm³/mol. The number of H-pyrrole nitrogens is 1. The lowest BCUT2D eigenvalue weighted by atomic mass is 9.99. The first kappa shape index (κ1) is 21.5. The SMILES string of the molecule is C/C=C\C1=C(C)N(c2ccccc2)c2ccc(-c3ccc4[nH]c5ccc6ccccc6c5c4c3)cc2O1. The van der Waals surface area contributed by atoms with Crippen LogP contribution in [0.25, 0.3) is 43.7 Å². The highest BCUT2D eigenvalue weighted by atomic mass is 16.5. The van der Waals surface area contributed by atoms with Gasteiger partial charge in [-0.05, 0) is 84.3 Å². The first-order valence-electron chi connectivity index (χ1n) is 12.7. The molecule has 0 bridgehead atoms. The van der Waals surface area contributed by atoms with Gasteiger partial charge in [-0.3, -0.25) is 0 Å². The summed E-state index contributed by atoms with van der Waals surface area (Å²) in [6.45, 7) is 4.12. The minimum atomic E-state index is 0.851. The Morgan fingerprint density at radius 3 is 2.35 bits per heavy atom. The maximum atomic E-state index is 6.44. The lowest BCUT2D eigenvalue weighted by Crippen LogP contribution is -2.22. The van der Waals surface area contributed by atoms with Crippen LogP contribution < -0.4 is 9.64 Å². The summed E-state index contributed by atoms with van der Waals surface area (Å²) in [5.41, 5.74) is 7.83. The average Bonchev–Trinajstić information content (AvgIpc) is 3.32. The molecule has 7 rings (SSSR count). The van der Waals surface area contributed by atoms with Crippen LogP contribution >= 0.6 is 0 Å². The van der Waals surface area contributed by atoms with Crippen molar-refractivity contribution >= 4 is 44.0 Å². The minimum Gasteiger partial charge on any atom is -0.453 e. The fraction of sp³-hybridized carbons (Fsp3) is 0.0588. The van der Waals surface area contributed by atoms with Crippen molar-refractivity contribution in [1.82, 2.24) is 4.98 Å². The van der Waals surface area contributed by atoms with Crippen LogP contribution in [0, 0.1) is 0 Å². The van der Waals surface area contributed by atoms with Crippen molar-refractivity contribution in [2.75, 3.05) is 4.90 Å². The Bertz CT molecular complexity index is 1880. The Kier molecular flexibility index (Phi) is 4.90. The molecule has 1 aliphatic heterocycles. The lowest BCUT2D eigenvalue weighted by molar-refractivity contribution is 0.428. The van der Waals surface area contributed by atoms with E-state index in [4.69, 9.17) is 4.74 Å². The minimum absolute atomic E-state index is 0.851. The summed E-state index contributed by atoms with van der Waals surface area (Å²) in [5, 5.41) is 5.03. The van der Waals surface area contributed by atoms with E-state index in [1.54, 1.807) is 0 Å². The van der Waals surface area contributed by atoms with Gasteiger partial charge in [0.05, 0.1) is 11.4 Å². The highest BCUT2D eigenvalue weighted by molar-refractivity contribution is 6.20.